The van der Waals surface area contributed by atoms with E-state index in [0.717, 1.165) is 0 Å². The highest BCUT2D eigenvalue weighted by Crippen LogP contribution is 2.38. The molecule has 15 heavy (non-hydrogen) atoms. The topological polar surface area (TPSA) is 51.2 Å². The molecule has 6 heteroatoms. The predicted octanol–water partition coefficient (Wildman–Crippen LogP) is 2.27. The number of rotatable bonds is 3. The Hall–Kier alpha value is -0.120. The van der Waals surface area contributed by atoms with Gasteiger partial charge in [-0.25, -0.2) is 0 Å². The Morgan fingerprint density at radius 2 is 1.33 bits per heavy atom. The van der Waals surface area contributed by atoms with Crippen LogP contribution in [0.15, 0.2) is 0 Å². The monoisotopic (exact) mass is 269 g/mol. The van der Waals surface area contributed by atoms with Crippen LogP contribution in [0, 0.1) is 17.8 Å². The Kier molecular flexibility index (Phi) is 4.56. The van der Waals surface area contributed by atoms with Crippen molar-refractivity contribution in [2.45, 2.75) is 19.3 Å². The fourth-order valence-corrected chi connectivity index (χ4v) is 2.18. The van der Waals surface area contributed by atoms with Gasteiger partial charge in [0.05, 0.1) is 5.92 Å². The summed E-state index contributed by atoms with van der Waals surface area (Å²) in [4.78, 5) is 32.9. The molecule has 0 aliphatic heterocycles. The van der Waals surface area contributed by atoms with Crippen molar-refractivity contribution in [3.05, 3.63) is 5.92 Å². The van der Waals surface area contributed by atoms with Crippen LogP contribution in [0.2, 0.25) is 0 Å². The van der Waals surface area contributed by atoms with E-state index in [1.807, 2.05) is 0 Å². The summed E-state index contributed by atoms with van der Waals surface area (Å²) in [5.74, 6) is -0.724. The Labute approximate surface area is 102 Å². The maximum absolute atomic E-state index is 11.0. The lowest BCUT2D eigenvalue weighted by molar-refractivity contribution is -0.120. The molecule has 0 aromatic carbocycles. The van der Waals surface area contributed by atoms with E-state index < -0.39 is 27.6 Å². The molecule has 0 heterocycles. The number of carbonyl (C=O) groups is 3. The highest BCUT2D eigenvalue weighted by Gasteiger charge is 2.37. The first-order valence-corrected chi connectivity index (χ1v) is 5.48. The molecule has 1 rings (SSSR count). The van der Waals surface area contributed by atoms with E-state index in [2.05, 4.69) is 0 Å². The van der Waals surface area contributed by atoms with Crippen molar-refractivity contribution >= 4 is 50.5 Å². The van der Waals surface area contributed by atoms with Crippen LogP contribution in [-0.2, 0) is 14.4 Å². The average molecular weight is 271 g/mol. The first kappa shape index (κ1) is 12.9. The third-order valence-electron chi connectivity index (χ3n) is 2.47. The molecule has 83 valence electrons. The maximum atomic E-state index is 11.0. The second-order valence-corrected chi connectivity index (χ2v) is 4.61. The number of carbonyl (C=O) groups excluding carboxylic acids is 3. The fraction of sp³-hybridized carbons (Fsp3) is 0.556. The normalized spacial score (nSPS) is 27.4. The summed E-state index contributed by atoms with van der Waals surface area (Å²) in [5.41, 5.74) is 0. The van der Waals surface area contributed by atoms with Gasteiger partial charge in [-0.3, -0.25) is 14.4 Å². The zero-order valence-electron chi connectivity index (χ0n) is 7.63. The summed E-state index contributed by atoms with van der Waals surface area (Å²) in [6.45, 7) is 0. The summed E-state index contributed by atoms with van der Waals surface area (Å²) >= 11 is 16.0. The largest absolute Gasteiger partial charge is 0.281 e. The van der Waals surface area contributed by atoms with Crippen molar-refractivity contribution in [3.8, 4) is 0 Å². The third kappa shape index (κ3) is 3.44. The summed E-state index contributed by atoms with van der Waals surface area (Å²) in [5, 5.41) is -1.75. The van der Waals surface area contributed by atoms with Gasteiger partial charge in [0.25, 0.3) is 0 Å². The van der Waals surface area contributed by atoms with E-state index in [1.54, 1.807) is 0 Å². The molecule has 1 radical (unpaired) electrons. The van der Waals surface area contributed by atoms with Gasteiger partial charge in [0.15, 0.2) is 0 Å². The Morgan fingerprint density at radius 1 is 0.933 bits per heavy atom. The Balaban J connectivity index is 2.77. The molecule has 0 spiro atoms. The van der Waals surface area contributed by atoms with E-state index >= 15 is 0 Å². The number of hydrogen-bond donors (Lipinski definition) is 0. The fourth-order valence-electron chi connectivity index (χ4n) is 1.69. The van der Waals surface area contributed by atoms with Crippen LogP contribution in [0.1, 0.15) is 19.3 Å². The van der Waals surface area contributed by atoms with Crippen LogP contribution in [0.25, 0.3) is 0 Å². The molecule has 0 aromatic rings. The minimum atomic E-state index is -0.625. The standard InChI is InChI=1S/C9H8Cl3O3/c10-7(13)4-1-5(8(11)14)3-6(2-4)9(12)15/h4-5H,1-3H2. The molecule has 1 saturated carbocycles. The first-order chi connectivity index (χ1) is 6.91. The van der Waals surface area contributed by atoms with Crippen molar-refractivity contribution in [2.24, 2.45) is 11.8 Å². The van der Waals surface area contributed by atoms with Crippen molar-refractivity contribution in [2.75, 3.05) is 0 Å². The lowest BCUT2D eigenvalue weighted by Crippen LogP contribution is -2.30. The summed E-state index contributed by atoms with van der Waals surface area (Å²) in [6.07, 6.45) is 0.745. The minimum Gasteiger partial charge on any atom is -0.281 e. The van der Waals surface area contributed by atoms with Gasteiger partial charge in [0.2, 0.25) is 15.7 Å². The molecule has 1 fully saturated rings. The Morgan fingerprint density at radius 3 is 1.60 bits per heavy atom. The van der Waals surface area contributed by atoms with Gasteiger partial charge in [-0.15, -0.1) is 0 Å². The van der Waals surface area contributed by atoms with E-state index in [4.69, 9.17) is 34.8 Å². The lowest BCUT2D eigenvalue weighted by atomic mass is 9.76. The van der Waals surface area contributed by atoms with Crippen molar-refractivity contribution < 1.29 is 14.4 Å². The third-order valence-corrected chi connectivity index (χ3v) is 3.36. The van der Waals surface area contributed by atoms with Crippen LogP contribution >= 0.6 is 34.8 Å². The molecule has 2 unspecified atom stereocenters. The SMILES string of the molecule is O=C(Cl)[C]1CC(C(=O)Cl)CC(C(=O)Cl)C1. The average Bonchev–Trinajstić information content (AvgIpc) is 2.16. The van der Waals surface area contributed by atoms with Gasteiger partial charge in [0.1, 0.15) is 0 Å². The molecule has 0 saturated heterocycles. The van der Waals surface area contributed by atoms with Crippen LogP contribution in [0.3, 0.4) is 0 Å². The minimum absolute atomic E-state index is 0.228. The summed E-state index contributed by atoms with van der Waals surface area (Å²) < 4.78 is 0. The summed E-state index contributed by atoms with van der Waals surface area (Å²) in [6, 6.07) is 0. The van der Waals surface area contributed by atoms with Crippen LogP contribution in [-0.4, -0.2) is 15.7 Å². The number of halogens is 3. The number of hydrogen-bond acceptors (Lipinski definition) is 3. The van der Waals surface area contributed by atoms with Gasteiger partial charge in [-0.05, 0) is 54.1 Å². The van der Waals surface area contributed by atoms with Gasteiger partial charge in [-0.2, -0.15) is 0 Å². The first-order valence-electron chi connectivity index (χ1n) is 4.35. The van der Waals surface area contributed by atoms with Crippen molar-refractivity contribution in [1.29, 1.82) is 0 Å². The molecule has 1 aliphatic rings. The second-order valence-electron chi connectivity index (χ2n) is 3.52. The van der Waals surface area contributed by atoms with Gasteiger partial charge in [-0.1, -0.05) is 0 Å². The Bertz CT molecular complexity index is 249. The van der Waals surface area contributed by atoms with E-state index in [0.29, 0.717) is 12.3 Å². The lowest BCUT2D eigenvalue weighted by Gasteiger charge is -2.28. The molecular weight excluding hydrogens is 262 g/mol. The van der Waals surface area contributed by atoms with Crippen LogP contribution < -0.4 is 0 Å². The molecule has 0 aromatic heterocycles. The highest BCUT2D eigenvalue weighted by atomic mass is 35.5. The summed E-state index contributed by atoms with van der Waals surface area (Å²) in [7, 11) is 0. The highest BCUT2D eigenvalue weighted by molar-refractivity contribution is 6.67. The van der Waals surface area contributed by atoms with Crippen molar-refractivity contribution in [3.63, 3.8) is 0 Å². The van der Waals surface area contributed by atoms with Crippen LogP contribution in [0.5, 0.6) is 0 Å². The second kappa shape index (κ2) is 5.28. The van der Waals surface area contributed by atoms with Crippen molar-refractivity contribution in [1.82, 2.24) is 0 Å². The van der Waals surface area contributed by atoms with Gasteiger partial charge in [0, 0.05) is 11.8 Å². The quantitative estimate of drug-likeness (QED) is 0.739. The van der Waals surface area contributed by atoms with E-state index in [-0.39, 0.29) is 12.8 Å². The molecule has 0 bridgehead atoms. The molecule has 0 amide bonds. The molecule has 2 atom stereocenters. The van der Waals surface area contributed by atoms with Gasteiger partial charge < -0.3 is 0 Å². The smallest absolute Gasteiger partial charge is 0.228 e. The van der Waals surface area contributed by atoms with Gasteiger partial charge >= 0.3 is 0 Å². The molecule has 0 N–H and O–H groups in total. The predicted molar refractivity (Wildman–Crippen MR) is 56.7 cm³/mol. The maximum Gasteiger partial charge on any atom is 0.228 e. The zero-order chi connectivity index (χ0) is 11.6. The van der Waals surface area contributed by atoms with E-state index in [9.17, 15) is 14.4 Å². The molecular formula is C9H8Cl3O3. The van der Waals surface area contributed by atoms with Crippen LogP contribution in [0.4, 0.5) is 0 Å². The van der Waals surface area contributed by atoms with E-state index in [1.165, 1.54) is 0 Å². The molecule has 1 aliphatic carbocycles. The molecule has 3 nitrogen and oxygen atoms in total. The zero-order valence-corrected chi connectivity index (χ0v) is 9.90.